The summed E-state index contributed by atoms with van der Waals surface area (Å²) in [6, 6.07) is 0. The van der Waals surface area contributed by atoms with Gasteiger partial charge >= 0.3 is 6.09 Å². The third kappa shape index (κ3) is 4.35. The topological polar surface area (TPSA) is 67.1 Å². The van der Waals surface area contributed by atoms with Crippen molar-refractivity contribution in [2.24, 2.45) is 11.3 Å². The van der Waals surface area contributed by atoms with Gasteiger partial charge in [0.2, 0.25) is 0 Å². The lowest BCUT2D eigenvalue weighted by atomic mass is 9.68. The molecule has 0 aromatic heterocycles. The molecule has 5 fully saturated rings. The van der Waals surface area contributed by atoms with E-state index in [1.807, 2.05) is 4.90 Å². The lowest BCUT2D eigenvalue weighted by Crippen LogP contribution is -2.56. The first-order valence-corrected chi connectivity index (χ1v) is 12.8. The molecule has 0 aromatic rings. The van der Waals surface area contributed by atoms with Crippen molar-refractivity contribution < 1.29 is 23.7 Å². The van der Waals surface area contributed by atoms with Crippen LogP contribution in [-0.4, -0.2) is 92.4 Å². The Morgan fingerprint density at radius 1 is 1.15 bits per heavy atom. The first-order valence-electron chi connectivity index (χ1n) is 12.8. The molecule has 5 aliphatic rings. The van der Waals surface area contributed by atoms with Crippen LogP contribution in [0.25, 0.3) is 0 Å². The fourth-order valence-electron chi connectivity index (χ4n) is 6.87. The van der Waals surface area contributed by atoms with E-state index in [0.29, 0.717) is 0 Å². The van der Waals surface area contributed by atoms with Crippen LogP contribution < -0.4 is 0 Å². The molecule has 186 valence electrons. The lowest BCUT2D eigenvalue weighted by molar-refractivity contribution is -0.121. The molecule has 5 rings (SSSR count). The van der Waals surface area contributed by atoms with Crippen molar-refractivity contribution >= 4 is 6.09 Å². The van der Waals surface area contributed by atoms with Gasteiger partial charge in [-0.15, -0.1) is 0 Å². The summed E-state index contributed by atoms with van der Waals surface area (Å²) < 4.78 is 24.5. The predicted molar refractivity (Wildman–Crippen MR) is 125 cm³/mol. The quantitative estimate of drug-likeness (QED) is 0.459. The Kier molecular flexibility index (Phi) is 6.08. The van der Waals surface area contributed by atoms with Crippen molar-refractivity contribution in [3.63, 3.8) is 0 Å². The van der Waals surface area contributed by atoms with Crippen LogP contribution >= 0.6 is 0 Å². The highest BCUT2D eigenvalue weighted by Crippen LogP contribution is 2.59. The Balaban J connectivity index is 1.25. The van der Waals surface area contributed by atoms with E-state index in [-0.39, 0.29) is 46.9 Å². The minimum absolute atomic E-state index is 0.0657. The summed E-state index contributed by atoms with van der Waals surface area (Å²) in [7, 11) is 3.92. The van der Waals surface area contributed by atoms with Crippen LogP contribution in [0.2, 0.25) is 0 Å². The van der Waals surface area contributed by atoms with Crippen LogP contribution in [0.5, 0.6) is 0 Å². The molecule has 0 radical (unpaired) electrons. The average molecular weight is 463 g/mol. The molecule has 4 heterocycles. The highest BCUT2D eigenvalue weighted by atomic mass is 16.6. The molecule has 0 bridgehead atoms. The summed E-state index contributed by atoms with van der Waals surface area (Å²) in [5, 5.41) is 0. The number of carbonyl (C=O) groups is 1. The van der Waals surface area contributed by atoms with E-state index >= 15 is 0 Å². The Morgan fingerprint density at radius 3 is 2.48 bits per heavy atom. The Labute approximate surface area is 198 Å². The van der Waals surface area contributed by atoms with E-state index in [2.05, 4.69) is 38.8 Å². The van der Waals surface area contributed by atoms with Crippen LogP contribution in [0.4, 0.5) is 4.79 Å². The molecule has 4 saturated heterocycles. The van der Waals surface area contributed by atoms with Crippen LogP contribution in [-0.2, 0) is 18.9 Å². The van der Waals surface area contributed by atoms with Gasteiger partial charge in [-0.1, -0.05) is 11.6 Å². The maximum Gasteiger partial charge on any atom is 0.410 e. The zero-order valence-electron chi connectivity index (χ0n) is 21.1. The van der Waals surface area contributed by atoms with Gasteiger partial charge in [-0.25, -0.2) is 4.79 Å². The summed E-state index contributed by atoms with van der Waals surface area (Å²) in [6.07, 6.45) is 7.74. The number of methoxy groups -OCH3 is 1. The van der Waals surface area contributed by atoms with Crippen LogP contribution in [0.1, 0.15) is 59.3 Å². The normalized spacial score (nSPS) is 41.9. The van der Waals surface area contributed by atoms with Gasteiger partial charge in [-0.3, -0.25) is 0 Å². The maximum absolute atomic E-state index is 13.2. The fraction of sp³-hybridized carbons (Fsp3) is 0.885. The van der Waals surface area contributed by atoms with Gasteiger partial charge in [0, 0.05) is 20.2 Å². The second-order valence-corrected chi connectivity index (χ2v) is 11.8. The molecule has 0 aromatic carbocycles. The Hall–Kier alpha value is -1.15. The van der Waals surface area contributed by atoms with Crippen molar-refractivity contribution in [2.45, 2.75) is 88.8 Å². The highest BCUT2D eigenvalue weighted by molar-refractivity contribution is 5.68. The van der Waals surface area contributed by atoms with Gasteiger partial charge in [-0.2, -0.15) is 0 Å². The number of rotatable bonds is 5. The van der Waals surface area contributed by atoms with Crippen LogP contribution in [0, 0.1) is 11.3 Å². The first-order chi connectivity index (χ1) is 15.7. The molecule has 0 unspecified atom stereocenters. The molecule has 1 aliphatic carbocycles. The standard InChI is InChI=1S/C26H42N2O5/c1-18(2)6-7-20-24(3,33-20)22-21(30-5)19(8-9-26(22)17-31-26)32-23(29)28-15-12-25(16-28)10-13-27(4)14-11-25/h6,19-22H,7-17H2,1-5H3/t19-,20-,21-,22-,24+,26+/m1/s1. The van der Waals surface area contributed by atoms with Crippen LogP contribution in [0.3, 0.4) is 0 Å². The Bertz CT molecular complexity index is 784. The molecule has 6 atom stereocenters. The van der Waals surface area contributed by atoms with Gasteiger partial charge < -0.3 is 28.7 Å². The number of likely N-dealkylation sites (tertiary alicyclic amines) is 2. The molecule has 7 nitrogen and oxygen atoms in total. The number of nitrogens with zero attached hydrogens (tertiary/aromatic N) is 2. The summed E-state index contributed by atoms with van der Waals surface area (Å²) in [4.78, 5) is 17.6. The fourth-order valence-corrected chi connectivity index (χ4v) is 6.87. The third-order valence-electron chi connectivity index (χ3n) is 9.23. The zero-order chi connectivity index (χ0) is 23.4. The molecule has 0 N–H and O–H groups in total. The highest BCUT2D eigenvalue weighted by Gasteiger charge is 2.72. The monoisotopic (exact) mass is 462 g/mol. The second-order valence-electron chi connectivity index (χ2n) is 11.8. The van der Waals surface area contributed by atoms with Gasteiger partial charge in [0.25, 0.3) is 0 Å². The predicted octanol–water partition coefficient (Wildman–Crippen LogP) is 3.62. The number of hydrogen-bond donors (Lipinski definition) is 0. The summed E-state index contributed by atoms with van der Waals surface area (Å²) in [5.74, 6) is 0.0657. The molecule has 2 spiro atoms. The average Bonchev–Trinajstić information content (AvgIpc) is 3.65. The maximum atomic E-state index is 13.2. The molecule has 33 heavy (non-hydrogen) atoms. The number of ether oxygens (including phenoxy) is 4. The Morgan fingerprint density at radius 2 is 1.85 bits per heavy atom. The minimum atomic E-state index is -0.306. The van der Waals surface area contributed by atoms with Crippen molar-refractivity contribution in [2.75, 3.05) is 46.9 Å². The molecular weight excluding hydrogens is 420 g/mol. The van der Waals surface area contributed by atoms with Crippen molar-refractivity contribution in [3.8, 4) is 0 Å². The summed E-state index contributed by atoms with van der Waals surface area (Å²) in [5.41, 5.74) is 1.09. The van der Waals surface area contributed by atoms with Crippen molar-refractivity contribution in [1.82, 2.24) is 9.80 Å². The largest absolute Gasteiger partial charge is 0.443 e. The zero-order valence-corrected chi connectivity index (χ0v) is 21.1. The van der Waals surface area contributed by atoms with E-state index in [1.165, 1.54) is 18.4 Å². The lowest BCUT2D eigenvalue weighted by Gasteiger charge is -2.43. The second kappa shape index (κ2) is 8.51. The third-order valence-corrected chi connectivity index (χ3v) is 9.23. The number of amides is 1. The summed E-state index contributed by atoms with van der Waals surface area (Å²) in [6.45, 7) is 11.0. The molecule has 1 amide bonds. The van der Waals surface area contributed by atoms with Crippen molar-refractivity contribution in [1.29, 1.82) is 0 Å². The number of piperidine rings is 1. The summed E-state index contributed by atoms with van der Waals surface area (Å²) >= 11 is 0. The van der Waals surface area contributed by atoms with E-state index in [0.717, 1.165) is 58.5 Å². The smallest absolute Gasteiger partial charge is 0.410 e. The van der Waals surface area contributed by atoms with Gasteiger partial charge in [-0.05, 0) is 84.8 Å². The van der Waals surface area contributed by atoms with Gasteiger partial charge in [0.05, 0.1) is 18.6 Å². The van der Waals surface area contributed by atoms with E-state index in [1.54, 1.807) is 7.11 Å². The van der Waals surface area contributed by atoms with Crippen LogP contribution in [0.15, 0.2) is 11.6 Å². The van der Waals surface area contributed by atoms with E-state index in [4.69, 9.17) is 18.9 Å². The molecule has 1 saturated carbocycles. The minimum Gasteiger partial charge on any atom is -0.443 e. The molecule has 7 heteroatoms. The van der Waals surface area contributed by atoms with E-state index < -0.39 is 0 Å². The number of hydrogen-bond acceptors (Lipinski definition) is 6. The number of epoxide rings is 2. The van der Waals surface area contributed by atoms with Gasteiger partial charge in [0.1, 0.15) is 23.4 Å². The van der Waals surface area contributed by atoms with Crippen molar-refractivity contribution in [3.05, 3.63) is 11.6 Å². The number of carbonyl (C=O) groups excluding carboxylic acids is 1. The first kappa shape index (κ1) is 23.6. The molecule has 4 aliphatic heterocycles. The molecular formula is C26H42N2O5. The van der Waals surface area contributed by atoms with E-state index in [9.17, 15) is 4.79 Å². The van der Waals surface area contributed by atoms with Gasteiger partial charge in [0.15, 0.2) is 0 Å². The number of allylic oxidation sites excluding steroid dienone is 1. The SMILES string of the molecule is CO[C@@H]1[C@H](OC(=O)N2CCC3(CCN(C)CC3)C2)CC[C@]2(CO2)[C@H]1[C@@]1(C)O[C@@H]1CC=C(C)C.